The highest BCUT2D eigenvalue weighted by Crippen LogP contribution is 2.21. The SMILES string of the molecule is COc1cccc(-c2ccc(=O)n(CC(=O)NCCOc3cc(N4CCN(C)CC4)ncn3)n2)c1. The van der Waals surface area contributed by atoms with E-state index in [1.807, 2.05) is 24.3 Å². The van der Waals surface area contributed by atoms with E-state index >= 15 is 0 Å². The number of nitrogens with one attached hydrogen (secondary N) is 1. The maximum atomic E-state index is 12.4. The number of piperazine rings is 1. The van der Waals surface area contributed by atoms with Crippen molar-refractivity contribution in [1.29, 1.82) is 0 Å². The lowest BCUT2D eigenvalue weighted by atomic mass is 10.1. The maximum Gasteiger partial charge on any atom is 0.267 e. The van der Waals surface area contributed by atoms with Crippen LogP contribution in [0.4, 0.5) is 5.82 Å². The number of amides is 1. The fourth-order valence-corrected chi connectivity index (χ4v) is 3.65. The van der Waals surface area contributed by atoms with E-state index in [1.54, 1.807) is 19.2 Å². The number of anilines is 1. The third-order valence-electron chi connectivity index (χ3n) is 5.65. The van der Waals surface area contributed by atoms with Gasteiger partial charge in [0.1, 0.15) is 31.0 Å². The third-order valence-corrected chi connectivity index (χ3v) is 5.65. The molecule has 0 saturated carbocycles. The molecule has 35 heavy (non-hydrogen) atoms. The molecule has 1 aliphatic rings. The van der Waals surface area contributed by atoms with Crippen molar-refractivity contribution in [2.75, 3.05) is 58.4 Å². The molecule has 3 aromatic rings. The van der Waals surface area contributed by atoms with Crippen LogP contribution in [0, 0.1) is 0 Å². The Bertz CT molecular complexity index is 1210. The fourth-order valence-electron chi connectivity index (χ4n) is 3.65. The predicted molar refractivity (Wildman–Crippen MR) is 131 cm³/mol. The van der Waals surface area contributed by atoms with E-state index in [0.717, 1.165) is 42.2 Å². The molecule has 0 bridgehead atoms. The van der Waals surface area contributed by atoms with Crippen molar-refractivity contribution in [1.82, 2.24) is 30.0 Å². The predicted octanol–water partition coefficient (Wildman–Crippen LogP) is 0.656. The van der Waals surface area contributed by atoms with Crippen LogP contribution in [0.2, 0.25) is 0 Å². The molecule has 1 fully saturated rings. The maximum absolute atomic E-state index is 12.4. The van der Waals surface area contributed by atoms with Crippen LogP contribution in [0.3, 0.4) is 0 Å². The molecular formula is C24H29N7O4. The Morgan fingerprint density at radius 1 is 1.09 bits per heavy atom. The quantitative estimate of drug-likeness (QED) is 0.442. The van der Waals surface area contributed by atoms with Crippen molar-refractivity contribution < 1.29 is 14.3 Å². The second kappa shape index (κ2) is 11.4. The van der Waals surface area contributed by atoms with Gasteiger partial charge in [0.25, 0.3) is 5.56 Å². The molecule has 2 aromatic heterocycles. The van der Waals surface area contributed by atoms with Crippen LogP contribution in [-0.2, 0) is 11.3 Å². The molecule has 1 aliphatic heterocycles. The van der Waals surface area contributed by atoms with Gasteiger partial charge in [0.05, 0.1) is 19.3 Å². The standard InChI is InChI=1S/C24H29N7O4/c1-29-9-11-30(12-10-29)21-15-23(27-17-26-21)35-13-8-25-22(32)16-31-24(33)7-6-20(28-31)18-4-3-5-19(14-18)34-2/h3-7,14-15,17H,8-13,16H2,1-2H3,(H,25,32). The van der Waals surface area contributed by atoms with Crippen LogP contribution < -0.4 is 25.2 Å². The van der Waals surface area contributed by atoms with Gasteiger partial charge in [-0.25, -0.2) is 14.6 Å². The number of methoxy groups -OCH3 is 1. The number of likely N-dealkylation sites (N-methyl/N-ethyl adjacent to an activating group) is 1. The average molecular weight is 480 g/mol. The number of hydrogen-bond acceptors (Lipinski definition) is 9. The van der Waals surface area contributed by atoms with Crippen LogP contribution in [0.25, 0.3) is 11.3 Å². The number of carbonyl (C=O) groups excluding carboxylic acids is 1. The summed E-state index contributed by atoms with van der Waals surface area (Å²) in [5.74, 6) is 1.62. The van der Waals surface area contributed by atoms with Crippen LogP contribution in [0.15, 0.2) is 53.6 Å². The van der Waals surface area contributed by atoms with Crippen LogP contribution >= 0.6 is 0 Å². The zero-order valence-electron chi connectivity index (χ0n) is 19.9. The van der Waals surface area contributed by atoms with Gasteiger partial charge in [-0.05, 0) is 25.2 Å². The smallest absolute Gasteiger partial charge is 0.267 e. The molecule has 4 rings (SSSR count). The lowest BCUT2D eigenvalue weighted by Crippen LogP contribution is -2.44. The van der Waals surface area contributed by atoms with E-state index in [2.05, 4.69) is 37.2 Å². The second-order valence-electron chi connectivity index (χ2n) is 8.15. The Morgan fingerprint density at radius 3 is 2.71 bits per heavy atom. The van der Waals surface area contributed by atoms with Crippen LogP contribution in [0.5, 0.6) is 11.6 Å². The van der Waals surface area contributed by atoms with E-state index in [4.69, 9.17) is 9.47 Å². The highest BCUT2D eigenvalue weighted by molar-refractivity contribution is 5.75. The molecule has 1 saturated heterocycles. The lowest BCUT2D eigenvalue weighted by Gasteiger charge is -2.33. The first-order valence-electron chi connectivity index (χ1n) is 11.4. The summed E-state index contributed by atoms with van der Waals surface area (Å²) >= 11 is 0. The second-order valence-corrected chi connectivity index (χ2v) is 8.15. The Balaban J connectivity index is 1.28. The number of ether oxygens (including phenoxy) is 2. The first kappa shape index (κ1) is 24.1. The van der Waals surface area contributed by atoms with E-state index < -0.39 is 0 Å². The Hall–Kier alpha value is -3.99. The van der Waals surface area contributed by atoms with E-state index in [-0.39, 0.29) is 31.2 Å². The molecule has 3 heterocycles. The molecule has 1 N–H and O–H groups in total. The molecule has 0 radical (unpaired) electrons. The highest BCUT2D eigenvalue weighted by atomic mass is 16.5. The van der Waals surface area contributed by atoms with Gasteiger partial charge in [-0.2, -0.15) is 5.10 Å². The molecule has 184 valence electrons. The van der Waals surface area contributed by atoms with Crippen molar-refractivity contribution in [3.8, 4) is 22.9 Å². The first-order chi connectivity index (χ1) is 17.0. The Kier molecular flexibility index (Phi) is 7.88. The number of benzene rings is 1. The monoisotopic (exact) mass is 479 g/mol. The first-order valence-corrected chi connectivity index (χ1v) is 11.4. The molecule has 0 spiro atoms. The minimum Gasteiger partial charge on any atom is -0.497 e. The molecule has 0 aliphatic carbocycles. The summed E-state index contributed by atoms with van der Waals surface area (Å²) in [6.45, 7) is 4.05. The Labute approximate surface area is 203 Å². The summed E-state index contributed by atoms with van der Waals surface area (Å²) in [5.41, 5.74) is 0.993. The molecule has 11 heteroatoms. The summed E-state index contributed by atoms with van der Waals surface area (Å²) in [6, 6.07) is 12.2. The van der Waals surface area contributed by atoms with E-state index in [9.17, 15) is 9.59 Å². The van der Waals surface area contributed by atoms with E-state index in [1.165, 1.54) is 12.4 Å². The number of aromatic nitrogens is 4. The summed E-state index contributed by atoms with van der Waals surface area (Å²) < 4.78 is 12.1. The summed E-state index contributed by atoms with van der Waals surface area (Å²) in [5, 5.41) is 7.07. The van der Waals surface area contributed by atoms with Crippen molar-refractivity contribution in [2.45, 2.75) is 6.54 Å². The minimum atomic E-state index is -0.361. The molecule has 0 atom stereocenters. The van der Waals surface area contributed by atoms with Gasteiger partial charge in [0.2, 0.25) is 11.8 Å². The van der Waals surface area contributed by atoms with Gasteiger partial charge in [0, 0.05) is 43.9 Å². The van der Waals surface area contributed by atoms with Crippen LogP contribution in [0.1, 0.15) is 0 Å². The third kappa shape index (κ3) is 6.54. The zero-order valence-corrected chi connectivity index (χ0v) is 19.9. The minimum absolute atomic E-state index is 0.197. The van der Waals surface area contributed by atoms with Crippen molar-refractivity contribution in [3.63, 3.8) is 0 Å². The fraction of sp³-hybridized carbons (Fsp3) is 0.375. The average Bonchev–Trinajstić information content (AvgIpc) is 2.88. The van der Waals surface area contributed by atoms with Gasteiger partial charge >= 0.3 is 0 Å². The van der Waals surface area contributed by atoms with Gasteiger partial charge in [-0.15, -0.1) is 0 Å². The van der Waals surface area contributed by atoms with E-state index in [0.29, 0.717) is 17.3 Å². The molecular weight excluding hydrogens is 450 g/mol. The number of rotatable bonds is 9. The summed E-state index contributed by atoms with van der Waals surface area (Å²) in [4.78, 5) is 37.6. The molecule has 11 nitrogen and oxygen atoms in total. The van der Waals surface area contributed by atoms with Gasteiger partial charge < -0.3 is 24.6 Å². The van der Waals surface area contributed by atoms with Crippen molar-refractivity contribution in [3.05, 3.63) is 59.1 Å². The highest BCUT2D eigenvalue weighted by Gasteiger charge is 2.16. The molecule has 1 aromatic carbocycles. The number of carbonyl (C=O) groups is 1. The molecule has 1 amide bonds. The largest absolute Gasteiger partial charge is 0.497 e. The Morgan fingerprint density at radius 2 is 1.91 bits per heavy atom. The topological polar surface area (TPSA) is 115 Å². The normalized spacial score (nSPS) is 13.9. The number of hydrogen-bond donors (Lipinski definition) is 1. The lowest BCUT2D eigenvalue weighted by molar-refractivity contribution is -0.122. The van der Waals surface area contributed by atoms with Gasteiger partial charge in [-0.1, -0.05) is 12.1 Å². The van der Waals surface area contributed by atoms with Crippen molar-refractivity contribution >= 4 is 11.7 Å². The van der Waals surface area contributed by atoms with Crippen molar-refractivity contribution in [2.24, 2.45) is 0 Å². The van der Waals surface area contributed by atoms with Gasteiger partial charge in [0.15, 0.2) is 0 Å². The summed E-state index contributed by atoms with van der Waals surface area (Å²) in [7, 11) is 3.68. The molecule has 0 unspecified atom stereocenters. The number of nitrogens with zero attached hydrogens (tertiary/aromatic N) is 6. The summed E-state index contributed by atoms with van der Waals surface area (Å²) in [6.07, 6.45) is 1.48. The zero-order chi connectivity index (χ0) is 24.6. The van der Waals surface area contributed by atoms with Gasteiger partial charge in [-0.3, -0.25) is 9.59 Å². The van der Waals surface area contributed by atoms with Crippen LogP contribution in [-0.4, -0.2) is 84.0 Å².